The summed E-state index contributed by atoms with van der Waals surface area (Å²) in [6, 6.07) is 0. The van der Waals surface area contributed by atoms with Crippen molar-refractivity contribution in [1.29, 1.82) is 0 Å². The summed E-state index contributed by atoms with van der Waals surface area (Å²) in [7, 11) is -0.659. The molecule has 0 N–H and O–H groups in total. The number of halogens is 2. The minimum Gasteiger partial charge on any atom is -0.0886 e. The van der Waals surface area contributed by atoms with Crippen LogP contribution in [-0.4, -0.2) is 9.52 Å². The van der Waals surface area contributed by atoms with Crippen molar-refractivity contribution in [1.82, 2.24) is 0 Å². The Hall–Kier alpha value is 0.640. The van der Waals surface area contributed by atoms with Crippen LogP contribution >= 0.6 is 23.2 Å². The molecule has 0 aromatic carbocycles. The van der Waals surface area contributed by atoms with Gasteiger partial charge >= 0.3 is 0 Å². The average Bonchev–Trinajstić information content (AvgIpc) is 2.90. The molecule has 144 valence electrons. The van der Waals surface area contributed by atoms with E-state index < -0.39 is 9.52 Å². The molecule has 2 unspecified atom stereocenters. The summed E-state index contributed by atoms with van der Waals surface area (Å²) in [5.74, 6) is 1.94. The molecule has 0 radical (unpaired) electrons. The fourth-order valence-corrected chi connectivity index (χ4v) is 9.10. The van der Waals surface area contributed by atoms with Crippen LogP contribution in [0, 0.1) is 23.7 Å². The third-order valence-electron chi connectivity index (χ3n) is 6.13. The molecule has 0 saturated carbocycles. The van der Waals surface area contributed by atoms with Crippen LogP contribution in [0.1, 0.15) is 68.2 Å². The first-order chi connectivity index (χ1) is 11.7. The van der Waals surface area contributed by atoms with E-state index in [1.54, 1.807) is 0 Å². The standard InChI is InChI=1S/C22H34Cl2Si.Zr/c1-9-15-13(7)17(11(3)4)19(23)21(15)25-22-16(10-2)14(8)18(12(5)6)20(22)24;/h11-12,17-18H,9-10,25H2,1-8H3;. The molecule has 0 fully saturated rings. The van der Waals surface area contributed by atoms with Crippen LogP contribution in [0.4, 0.5) is 0 Å². The SMILES string of the molecule is CCC1=C(C)C(C(C)C)C(Cl)=C1[SiH2]C1=C(Cl)C(C(C)C)C(C)=C1CC.[Zr]. The molecule has 0 spiro atoms. The molecule has 0 saturated heterocycles. The van der Waals surface area contributed by atoms with E-state index in [1.807, 2.05) is 0 Å². The molecule has 2 atom stereocenters. The van der Waals surface area contributed by atoms with Crippen LogP contribution in [0.3, 0.4) is 0 Å². The van der Waals surface area contributed by atoms with Gasteiger partial charge in [-0.2, -0.15) is 0 Å². The first-order valence-corrected chi connectivity index (χ1v) is 12.0. The molecular weight excluding hydrogens is 454 g/mol. The van der Waals surface area contributed by atoms with Gasteiger partial charge in [-0.05, 0) is 60.1 Å². The molecule has 0 nitrogen and oxygen atoms in total. The monoisotopic (exact) mass is 486 g/mol. The third-order valence-corrected chi connectivity index (χ3v) is 9.83. The van der Waals surface area contributed by atoms with E-state index in [2.05, 4.69) is 55.4 Å². The van der Waals surface area contributed by atoms with Crippen molar-refractivity contribution >= 4 is 32.7 Å². The second-order valence-electron chi connectivity index (χ2n) is 8.30. The summed E-state index contributed by atoms with van der Waals surface area (Å²) in [5, 5.41) is 5.21. The minimum absolute atomic E-state index is 0. The predicted octanol–water partition coefficient (Wildman–Crippen LogP) is 7.08. The fraction of sp³-hybridized carbons (Fsp3) is 0.636. The summed E-state index contributed by atoms with van der Waals surface area (Å²) in [5.41, 5.74) is 6.04. The van der Waals surface area contributed by atoms with Gasteiger partial charge in [0.15, 0.2) is 0 Å². The van der Waals surface area contributed by atoms with E-state index >= 15 is 0 Å². The fourth-order valence-electron chi connectivity index (χ4n) is 5.02. The average molecular weight is 489 g/mol. The molecule has 0 heterocycles. The predicted molar refractivity (Wildman–Crippen MR) is 117 cm³/mol. The molecule has 4 heteroatoms. The first kappa shape index (κ1) is 24.7. The molecular formula is C22H34Cl2SiZr. The minimum atomic E-state index is -0.659. The quantitative estimate of drug-likeness (QED) is 0.351. The van der Waals surface area contributed by atoms with Gasteiger partial charge in [-0.25, -0.2) is 0 Å². The maximum atomic E-state index is 6.95. The van der Waals surface area contributed by atoms with Crippen molar-refractivity contribution in [3.8, 4) is 0 Å². The Labute approximate surface area is 192 Å². The van der Waals surface area contributed by atoms with Crippen molar-refractivity contribution in [3.05, 3.63) is 42.7 Å². The normalized spacial score (nSPS) is 24.5. The Morgan fingerprint density at radius 3 is 1.31 bits per heavy atom. The molecule has 0 bridgehead atoms. The Morgan fingerprint density at radius 1 is 0.769 bits per heavy atom. The van der Waals surface area contributed by atoms with Crippen LogP contribution in [0.2, 0.25) is 0 Å². The first-order valence-electron chi connectivity index (χ1n) is 9.84. The topological polar surface area (TPSA) is 0 Å². The van der Waals surface area contributed by atoms with Crippen molar-refractivity contribution in [2.45, 2.75) is 68.2 Å². The van der Waals surface area contributed by atoms with Crippen LogP contribution in [0.5, 0.6) is 0 Å². The molecule has 2 aliphatic carbocycles. The van der Waals surface area contributed by atoms with Crippen molar-refractivity contribution < 1.29 is 26.2 Å². The van der Waals surface area contributed by atoms with Gasteiger partial charge in [-0.1, -0.05) is 75.9 Å². The zero-order valence-electron chi connectivity index (χ0n) is 17.7. The summed E-state index contributed by atoms with van der Waals surface area (Å²) in [4.78, 5) is 0. The maximum Gasteiger partial charge on any atom is 0.0913 e. The maximum absolute atomic E-state index is 6.95. The van der Waals surface area contributed by atoms with Crippen molar-refractivity contribution in [2.75, 3.05) is 0 Å². The van der Waals surface area contributed by atoms with E-state index in [-0.39, 0.29) is 26.2 Å². The van der Waals surface area contributed by atoms with Gasteiger partial charge in [0.1, 0.15) is 0 Å². The summed E-state index contributed by atoms with van der Waals surface area (Å²) in [6.07, 6.45) is 2.16. The van der Waals surface area contributed by atoms with Gasteiger partial charge in [0, 0.05) is 48.1 Å². The number of allylic oxidation sites excluding steroid dienone is 8. The van der Waals surface area contributed by atoms with Gasteiger partial charge in [-0.15, -0.1) is 0 Å². The van der Waals surface area contributed by atoms with E-state index in [0.717, 1.165) is 22.9 Å². The second-order valence-corrected chi connectivity index (χ2v) is 10.9. The Morgan fingerprint density at radius 2 is 1.08 bits per heavy atom. The van der Waals surface area contributed by atoms with Gasteiger partial charge in [0.25, 0.3) is 0 Å². The van der Waals surface area contributed by atoms with E-state index in [4.69, 9.17) is 23.2 Å². The summed E-state index contributed by atoms with van der Waals surface area (Å²) < 4.78 is 0. The zero-order chi connectivity index (χ0) is 19.0. The molecule has 2 aliphatic rings. The molecule has 0 aliphatic heterocycles. The van der Waals surface area contributed by atoms with Crippen molar-refractivity contribution in [3.63, 3.8) is 0 Å². The van der Waals surface area contributed by atoms with Gasteiger partial charge in [0.2, 0.25) is 0 Å². The molecule has 2 rings (SSSR count). The third kappa shape index (κ3) is 4.29. The Balaban J connectivity index is 0.00000338. The zero-order valence-corrected chi connectivity index (χ0v) is 23.1. The van der Waals surface area contributed by atoms with E-state index in [0.29, 0.717) is 23.7 Å². The van der Waals surface area contributed by atoms with Crippen LogP contribution < -0.4 is 0 Å². The van der Waals surface area contributed by atoms with Crippen LogP contribution in [-0.2, 0) is 26.2 Å². The van der Waals surface area contributed by atoms with Gasteiger partial charge < -0.3 is 0 Å². The Kier molecular flexibility index (Phi) is 9.40. The second kappa shape index (κ2) is 9.91. The Bertz CT molecular complexity index is 622. The molecule has 0 aromatic rings. The number of hydrogen-bond acceptors (Lipinski definition) is 0. The molecule has 26 heavy (non-hydrogen) atoms. The van der Waals surface area contributed by atoms with Gasteiger partial charge in [-0.3, -0.25) is 0 Å². The summed E-state index contributed by atoms with van der Waals surface area (Å²) in [6.45, 7) is 18.2. The van der Waals surface area contributed by atoms with Crippen LogP contribution in [0.15, 0.2) is 42.7 Å². The number of hydrogen-bond donors (Lipinski definition) is 0. The molecule has 0 amide bonds. The summed E-state index contributed by atoms with van der Waals surface area (Å²) >= 11 is 13.9. The van der Waals surface area contributed by atoms with Crippen molar-refractivity contribution in [2.24, 2.45) is 23.7 Å². The molecule has 0 aromatic heterocycles. The van der Waals surface area contributed by atoms with Crippen LogP contribution in [0.25, 0.3) is 0 Å². The van der Waals surface area contributed by atoms with E-state index in [9.17, 15) is 0 Å². The number of rotatable bonds is 6. The van der Waals surface area contributed by atoms with Gasteiger partial charge in [0.05, 0.1) is 9.52 Å². The smallest absolute Gasteiger partial charge is 0.0886 e. The largest absolute Gasteiger partial charge is 0.0913 e. The van der Waals surface area contributed by atoms with E-state index in [1.165, 1.54) is 32.7 Å².